The Morgan fingerprint density at radius 2 is 2.40 bits per heavy atom. The lowest BCUT2D eigenvalue weighted by atomic mass is 10.2. The molecule has 1 amide bonds. The number of hydrogen-bond donors (Lipinski definition) is 1. The van der Waals surface area contributed by atoms with Crippen molar-refractivity contribution in [2.75, 3.05) is 6.54 Å². The van der Waals surface area contributed by atoms with E-state index in [1.165, 1.54) is 12.1 Å². The lowest BCUT2D eigenvalue weighted by molar-refractivity contribution is 0.0956. The van der Waals surface area contributed by atoms with Crippen LogP contribution in [0.1, 0.15) is 17.3 Å². The lowest BCUT2D eigenvalue weighted by Crippen LogP contribution is -2.22. The van der Waals surface area contributed by atoms with Crippen LogP contribution in [0, 0.1) is 0 Å². The minimum absolute atomic E-state index is 0.280. The Kier molecular flexibility index (Phi) is 3.97. The zero-order valence-corrected chi connectivity index (χ0v) is 8.82. The predicted molar refractivity (Wildman–Crippen MR) is 58.3 cm³/mol. The van der Waals surface area contributed by atoms with Crippen LogP contribution >= 0.6 is 11.6 Å². The number of azide groups is 1. The highest BCUT2D eigenvalue weighted by Gasteiger charge is 2.09. The van der Waals surface area contributed by atoms with Gasteiger partial charge in [-0.2, -0.15) is 0 Å². The molecule has 0 fully saturated rings. The average molecular weight is 225 g/mol. The zero-order chi connectivity index (χ0) is 11.3. The highest BCUT2D eigenvalue weighted by molar-refractivity contribution is 6.34. The Hall–Kier alpha value is -1.71. The normalized spacial score (nSPS) is 9.20. The lowest BCUT2D eigenvalue weighted by Gasteiger charge is -2.04. The molecule has 1 aromatic rings. The summed E-state index contributed by atoms with van der Waals surface area (Å²) in [7, 11) is 0. The van der Waals surface area contributed by atoms with E-state index in [0.717, 1.165) is 0 Å². The van der Waals surface area contributed by atoms with E-state index in [1.807, 2.05) is 6.92 Å². The largest absolute Gasteiger partial charge is 0.352 e. The third kappa shape index (κ3) is 2.87. The first-order chi connectivity index (χ1) is 7.19. The van der Waals surface area contributed by atoms with Crippen LogP contribution in [-0.2, 0) is 0 Å². The van der Waals surface area contributed by atoms with Gasteiger partial charge in [-0.05, 0) is 24.6 Å². The molecule has 0 aliphatic heterocycles. The number of nitrogens with zero attached hydrogens (tertiary/aromatic N) is 3. The fourth-order valence-electron chi connectivity index (χ4n) is 1.06. The average Bonchev–Trinajstić information content (AvgIpc) is 2.21. The first-order valence-corrected chi connectivity index (χ1v) is 4.69. The molecule has 0 radical (unpaired) electrons. The quantitative estimate of drug-likeness (QED) is 0.478. The van der Waals surface area contributed by atoms with E-state index >= 15 is 0 Å². The summed E-state index contributed by atoms with van der Waals surface area (Å²) in [6.45, 7) is 2.32. The summed E-state index contributed by atoms with van der Waals surface area (Å²) in [6, 6.07) is 4.52. The zero-order valence-electron chi connectivity index (χ0n) is 8.07. The van der Waals surface area contributed by atoms with Gasteiger partial charge in [-0.3, -0.25) is 4.79 Å². The Labute approximate surface area is 91.7 Å². The van der Waals surface area contributed by atoms with Crippen molar-refractivity contribution in [3.63, 3.8) is 0 Å². The summed E-state index contributed by atoms with van der Waals surface area (Å²) < 4.78 is 0. The van der Waals surface area contributed by atoms with Crippen molar-refractivity contribution >= 4 is 23.2 Å². The maximum Gasteiger partial charge on any atom is 0.252 e. The second-order valence-corrected chi connectivity index (χ2v) is 3.12. The molecule has 0 saturated carbocycles. The van der Waals surface area contributed by atoms with Gasteiger partial charge in [-0.15, -0.1) is 0 Å². The molecule has 0 bridgehead atoms. The third-order valence-corrected chi connectivity index (χ3v) is 2.02. The maximum atomic E-state index is 11.5. The van der Waals surface area contributed by atoms with Crippen molar-refractivity contribution in [2.45, 2.75) is 6.92 Å². The fourth-order valence-corrected chi connectivity index (χ4v) is 1.26. The second kappa shape index (κ2) is 5.24. The van der Waals surface area contributed by atoms with E-state index in [-0.39, 0.29) is 5.91 Å². The number of carbonyl (C=O) groups excluding carboxylic acids is 1. The summed E-state index contributed by atoms with van der Waals surface area (Å²) >= 11 is 5.83. The van der Waals surface area contributed by atoms with Crippen molar-refractivity contribution < 1.29 is 4.79 Å². The number of hydrogen-bond acceptors (Lipinski definition) is 2. The van der Waals surface area contributed by atoms with Crippen LogP contribution < -0.4 is 5.32 Å². The van der Waals surface area contributed by atoms with Gasteiger partial charge in [0.25, 0.3) is 5.91 Å². The molecule has 0 aliphatic rings. The summed E-state index contributed by atoms with van der Waals surface area (Å²) in [5.74, 6) is -0.280. The predicted octanol–water partition coefficient (Wildman–Crippen LogP) is 3.03. The van der Waals surface area contributed by atoms with Crippen molar-refractivity contribution in [3.05, 3.63) is 39.2 Å². The molecule has 0 unspecified atom stereocenters. The van der Waals surface area contributed by atoms with Gasteiger partial charge in [0.2, 0.25) is 0 Å². The molecule has 5 nitrogen and oxygen atoms in total. The molecule has 6 heteroatoms. The molecule has 1 aromatic carbocycles. The van der Waals surface area contributed by atoms with Crippen LogP contribution in [0.25, 0.3) is 10.4 Å². The van der Waals surface area contributed by atoms with Crippen LogP contribution in [0.4, 0.5) is 5.69 Å². The SMILES string of the molecule is CCNC(=O)c1cc(N=[N+]=[N-])ccc1Cl. The van der Waals surface area contributed by atoms with E-state index in [0.29, 0.717) is 22.8 Å². The topological polar surface area (TPSA) is 77.9 Å². The highest BCUT2D eigenvalue weighted by Crippen LogP contribution is 2.22. The van der Waals surface area contributed by atoms with E-state index in [1.54, 1.807) is 6.07 Å². The Balaban J connectivity index is 3.10. The molecule has 0 spiro atoms. The van der Waals surface area contributed by atoms with Crippen LogP contribution in [0.5, 0.6) is 0 Å². The van der Waals surface area contributed by atoms with Crippen molar-refractivity contribution in [3.8, 4) is 0 Å². The molecule has 1 rings (SSSR count). The molecule has 0 heterocycles. The number of nitrogens with one attached hydrogen (secondary N) is 1. The summed E-state index contributed by atoms with van der Waals surface area (Å²) in [5.41, 5.74) is 8.92. The number of halogens is 1. The summed E-state index contributed by atoms with van der Waals surface area (Å²) in [4.78, 5) is 14.1. The van der Waals surface area contributed by atoms with Gasteiger partial charge in [0.05, 0.1) is 10.6 Å². The van der Waals surface area contributed by atoms with Crippen molar-refractivity contribution in [1.82, 2.24) is 5.32 Å². The van der Waals surface area contributed by atoms with Gasteiger partial charge in [-0.25, -0.2) is 0 Å². The molecule has 1 N–H and O–H groups in total. The number of amides is 1. The Morgan fingerprint density at radius 3 is 3.00 bits per heavy atom. The first-order valence-electron chi connectivity index (χ1n) is 4.32. The molecular formula is C9H9ClN4O. The summed E-state index contributed by atoms with van der Waals surface area (Å²) in [6.07, 6.45) is 0. The minimum Gasteiger partial charge on any atom is -0.352 e. The highest BCUT2D eigenvalue weighted by atomic mass is 35.5. The maximum absolute atomic E-state index is 11.5. The second-order valence-electron chi connectivity index (χ2n) is 2.71. The molecule has 0 atom stereocenters. The number of rotatable bonds is 3. The molecule has 78 valence electrons. The monoisotopic (exact) mass is 224 g/mol. The molecule has 0 aromatic heterocycles. The van der Waals surface area contributed by atoms with E-state index in [4.69, 9.17) is 17.1 Å². The molecule has 0 saturated heterocycles. The Morgan fingerprint density at radius 1 is 1.67 bits per heavy atom. The van der Waals surface area contributed by atoms with Gasteiger partial charge < -0.3 is 5.32 Å². The standard InChI is InChI=1S/C9H9ClN4O/c1-2-12-9(15)7-5-6(13-14-11)3-4-8(7)10/h3-5H,2H2,1H3,(H,12,15). The van der Waals surface area contributed by atoms with Gasteiger partial charge in [-0.1, -0.05) is 22.8 Å². The van der Waals surface area contributed by atoms with Gasteiger partial charge in [0.1, 0.15) is 0 Å². The minimum atomic E-state index is -0.280. The van der Waals surface area contributed by atoms with Crippen molar-refractivity contribution in [1.29, 1.82) is 0 Å². The molecular weight excluding hydrogens is 216 g/mol. The molecule has 15 heavy (non-hydrogen) atoms. The molecule has 0 aliphatic carbocycles. The van der Waals surface area contributed by atoms with Crippen LogP contribution in [0.15, 0.2) is 23.3 Å². The van der Waals surface area contributed by atoms with Crippen LogP contribution in [-0.4, -0.2) is 12.5 Å². The van der Waals surface area contributed by atoms with Gasteiger partial charge in [0.15, 0.2) is 0 Å². The fraction of sp³-hybridized carbons (Fsp3) is 0.222. The van der Waals surface area contributed by atoms with Crippen molar-refractivity contribution in [2.24, 2.45) is 5.11 Å². The Bertz CT molecular complexity index is 426. The smallest absolute Gasteiger partial charge is 0.252 e. The first kappa shape index (κ1) is 11.4. The van der Waals surface area contributed by atoms with E-state index < -0.39 is 0 Å². The van der Waals surface area contributed by atoms with Crippen LogP contribution in [0.3, 0.4) is 0 Å². The number of benzene rings is 1. The van der Waals surface area contributed by atoms with E-state index in [2.05, 4.69) is 15.3 Å². The van der Waals surface area contributed by atoms with E-state index in [9.17, 15) is 4.79 Å². The van der Waals surface area contributed by atoms with Crippen LogP contribution in [0.2, 0.25) is 5.02 Å². The number of carbonyl (C=O) groups is 1. The summed E-state index contributed by atoms with van der Waals surface area (Å²) in [5, 5.41) is 6.34. The third-order valence-electron chi connectivity index (χ3n) is 1.69. The van der Waals surface area contributed by atoms with Gasteiger partial charge >= 0.3 is 0 Å². The van der Waals surface area contributed by atoms with Gasteiger partial charge in [0, 0.05) is 17.1 Å².